The van der Waals surface area contributed by atoms with Crippen LogP contribution in [0.3, 0.4) is 0 Å². The second kappa shape index (κ2) is 4.93. The molecule has 1 N–H and O–H groups in total. The van der Waals surface area contributed by atoms with Crippen LogP contribution in [0.5, 0.6) is 0 Å². The third-order valence-corrected chi connectivity index (χ3v) is 6.20. The van der Waals surface area contributed by atoms with Crippen LogP contribution in [0.25, 0.3) is 0 Å². The van der Waals surface area contributed by atoms with Gasteiger partial charge in [-0.25, -0.2) is 0 Å². The second-order valence-corrected chi connectivity index (χ2v) is 7.66. The van der Waals surface area contributed by atoms with Crippen molar-refractivity contribution in [1.82, 2.24) is 14.7 Å². The molecule has 3 heterocycles. The van der Waals surface area contributed by atoms with Gasteiger partial charge in [0.25, 0.3) is 0 Å². The van der Waals surface area contributed by atoms with Crippen molar-refractivity contribution in [3.05, 3.63) is 0 Å². The van der Waals surface area contributed by atoms with Crippen molar-refractivity contribution in [2.24, 2.45) is 0 Å². The zero-order chi connectivity index (χ0) is 14.6. The Morgan fingerprint density at radius 2 is 1.81 bits per heavy atom. The molecule has 0 unspecified atom stereocenters. The van der Waals surface area contributed by atoms with Crippen LogP contribution in [-0.4, -0.2) is 82.2 Å². The number of fused-ring (bicyclic) bond motifs is 2. The van der Waals surface area contributed by atoms with E-state index in [2.05, 4.69) is 9.80 Å². The van der Waals surface area contributed by atoms with Gasteiger partial charge in [0.1, 0.15) is 0 Å². The summed E-state index contributed by atoms with van der Waals surface area (Å²) in [6.07, 6.45) is 6.06. The van der Waals surface area contributed by atoms with Crippen molar-refractivity contribution in [3.63, 3.8) is 0 Å². The minimum absolute atomic E-state index is 0.120. The largest absolute Gasteiger partial charge is 0.392 e. The number of rotatable bonds is 1. The molecule has 5 nitrogen and oxygen atoms in total. The van der Waals surface area contributed by atoms with E-state index in [1.54, 1.807) is 6.92 Å². The Labute approximate surface area is 126 Å². The Hall–Kier alpha value is -0.650. The first-order valence-corrected chi connectivity index (χ1v) is 8.52. The standard InChI is InChI=1S/C16H27N3O2/c1-12(20)17-7-14-6-15(21)8-19(14)16(9-17)10-18(11-16)13-4-2-3-5-13/h13-15,21H,2-11H2,1H3/t14-,15+/m0/s1. The summed E-state index contributed by atoms with van der Waals surface area (Å²) in [5.74, 6) is 0.190. The number of aliphatic hydroxyl groups is 1. The minimum atomic E-state index is -0.209. The van der Waals surface area contributed by atoms with E-state index in [9.17, 15) is 9.90 Å². The van der Waals surface area contributed by atoms with Crippen LogP contribution < -0.4 is 0 Å². The molecular weight excluding hydrogens is 266 g/mol. The summed E-state index contributed by atoms with van der Waals surface area (Å²) < 4.78 is 0. The van der Waals surface area contributed by atoms with E-state index in [0.29, 0.717) is 6.04 Å². The molecule has 5 heteroatoms. The lowest BCUT2D eigenvalue weighted by molar-refractivity contribution is -0.151. The molecule has 4 fully saturated rings. The van der Waals surface area contributed by atoms with E-state index in [1.165, 1.54) is 25.7 Å². The number of amides is 1. The van der Waals surface area contributed by atoms with Gasteiger partial charge in [0.15, 0.2) is 0 Å². The lowest BCUT2D eigenvalue weighted by atomic mass is 9.82. The molecular formula is C16H27N3O2. The molecule has 1 spiro atoms. The van der Waals surface area contributed by atoms with E-state index in [-0.39, 0.29) is 17.6 Å². The van der Waals surface area contributed by atoms with Crippen LogP contribution in [0, 0.1) is 0 Å². The highest BCUT2D eigenvalue weighted by Crippen LogP contribution is 2.41. The number of carbonyl (C=O) groups is 1. The van der Waals surface area contributed by atoms with E-state index in [4.69, 9.17) is 0 Å². The zero-order valence-corrected chi connectivity index (χ0v) is 13.0. The van der Waals surface area contributed by atoms with Crippen LogP contribution in [0.1, 0.15) is 39.0 Å². The Morgan fingerprint density at radius 1 is 1.10 bits per heavy atom. The summed E-state index contributed by atoms with van der Waals surface area (Å²) in [7, 11) is 0. The Kier molecular flexibility index (Phi) is 3.28. The molecule has 4 rings (SSSR count). The van der Waals surface area contributed by atoms with Gasteiger partial charge in [-0.2, -0.15) is 0 Å². The monoisotopic (exact) mass is 293 g/mol. The molecule has 1 amide bonds. The van der Waals surface area contributed by atoms with Crippen molar-refractivity contribution in [1.29, 1.82) is 0 Å². The lowest BCUT2D eigenvalue weighted by Crippen LogP contribution is -2.79. The molecule has 4 aliphatic rings. The number of hydrogen-bond donors (Lipinski definition) is 1. The van der Waals surface area contributed by atoms with E-state index >= 15 is 0 Å². The van der Waals surface area contributed by atoms with Gasteiger partial charge in [-0.3, -0.25) is 14.6 Å². The van der Waals surface area contributed by atoms with Gasteiger partial charge in [0.2, 0.25) is 5.91 Å². The fourth-order valence-electron chi connectivity index (χ4n) is 5.17. The fourth-order valence-corrected chi connectivity index (χ4v) is 5.17. The average Bonchev–Trinajstić information content (AvgIpc) is 3.02. The van der Waals surface area contributed by atoms with Gasteiger partial charge in [-0.05, 0) is 19.3 Å². The highest BCUT2D eigenvalue weighted by atomic mass is 16.3. The average molecular weight is 293 g/mol. The van der Waals surface area contributed by atoms with Crippen LogP contribution >= 0.6 is 0 Å². The van der Waals surface area contributed by atoms with Crippen LogP contribution in [0.15, 0.2) is 0 Å². The topological polar surface area (TPSA) is 47.0 Å². The molecule has 0 radical (unpaired) electrons. The van der Waals surface area contributed by atoms with Gasteiger partial charge < -0.3 is 10.0 Å². The van der Waals surface area contributed by atoms with Crippen LogP contribution in [0.4, 0.5) is 0 Å². The van der Waals surface area contributed by atoms with Crippen LogP contribution in [0.2, 0.25) is 0 Å². The maximum Gasteiger partial charge on any atom is 0.219 e. The molecule has 1 saturated carbocycles. The Morgan fingerprint density at radius 3 is 2.48 bits per heavy atom. The summed E-state index contributed by atoms with van der Waals surface area (Å²) >= 11 is 0. The predicted octanol–water partition coefficient (Wildman–Crippen LogP) is 0.281. The lowest BCUT2D eigenvalue weighted by Gasteiger charge is -2.62. The summed E-state index contributed by atoms with van der Waals surface area (Å²) in [4.78, 5) is 19.0. The van der Waals surface area contributed by atoms with Gasteiger partial charge in [-0.15, -0.1) is 0 Å². The SMILES string of the molecule is CC(=O)N1C[C@@H]2C[C@@H](O)CN2C2(C1)CN(C1CCCC1)C2. The van der Waals surface area contributed by atoms with Crippen LogP contribution in [-0.2, 0) is 4.79 Å². The number of hydrogen-bond acceptors (Lipinski definition) is 4. The predicted molar refractivity (Wildman–Crippen MR) is 79.9 cm³/mol. The van der Waals surface area contributed by atoms with Crippen molar-refractivity contribution in [3.8, 4) is 0 Å². The summed E-state index contributed by atoms with van der Waals surface area (Å²) in [5, 5.41) is 10.1. The number of carbonyl (C=O) groups excluding carboxylic acids is 1. The third-order valence-electron chi connectivity index (χ3n) is 6.20. The van der Waals surface area contributed by atoms with Crippen molar-refractivity contribution in [2.45, 2.75) is 62.8 Å². The molecule has 0 aromatic heterocycles. The molecule has 21 heavy (non-hydrogen) atoms. The summed E-state index contributed by atoms with van der Waals surface area (Å²) in [5.41, 5.74) is 0.120. The van der Waals surface area contributed by atoms with E-state index < -0.39 is 0 Å². The number of nitrogens with zero attached hydrogens (tertiary/aromatic N) is 3. The second-order valence-electron chi connectivity index (χ2n) is 7.66. The van der Waals surface area contributed by atoms with Gasteiger partial charge in [0, 0.05) is 51.7 Å². The Bertz CT molecular complexity index is 429. The maximum atomic E-state index is 11.9. The fraction of sp³-hybridized carbons (Fsp3) is 0.938. The van der Waals surface area contributed by atoms with E-state index in [1.807, 2.05) is 4.90 Å². The van der Waals surface area contributed by atoms with Gasteiger partial charge >= 0.3 is 0 Å². The third kappa shape index (κ3) is 2.21. The smallest absolute Gasteiger partial charge is 0.219 e. The van der Waals surface area contributed by atoms with Crippen molar-refractivity contribution < 1.29 is 9.90 Å². The first kappa shape index (κ1) is 14.0. The van der Waals surface area contributed by atoms with E-state index in [0.717, 1.165) is 45.2 Å². The highest BCUT2D eigenvalue weighted by molar-refractivity contribution is 5.73. The summed E-state index contributed by atoms with van der Waals surface area (Å²) in [6, 6.07) is 1.14. The molecule has 0 aromatic rings. The molecule has 3 saturated heterocycles. The normalized spacial score (nSPS) is 37.0. The number of likely N-dealkylation sites (tertiary alicyclic amines) is 1. The molecule has 3 aliphatic heterocycles. The van der Waals surface area contributed by atoms with Gasteiger partial charge in [0.05, 0.1) is 11.6 Å². The van der Waals surface area contributed by atoms with Crippen molar-refractivity contribution in [2.75, 3.05) is 32.7 Å². The molecule has 1 aliphatic carbocycles. The Balaban J connectivity index is 1.51. The zero-order valence-electron chi connectivity index (χ0n) is 13.0. The maximum absolute atomic E-state index is 11.9. The summed E-state index contributed by atoms with van der Waals surface area (Å²) in [6.45, 7) is 6.32. The quantitative estimate of drug-likeness (QED) is 0.754. The van der Waals surface area contributed by atoms with Crippen molar-refractivity contribution >= 4 is 5.91 Å². The molecule has 118 valence electrons. The number of aliphatic hydroxyl groups excluding tert-OH is 1. The molecule has 0 aromatic carbocycles. The molecule has 0 bridgehead atoms. The van der Waals surface area contributed by atoms with Gasteiger partial charge in [-0.1, -0.05) is 12.8 Å². The highest BCUT2D eigenvalue weighted by Gasteiger charge is 2.57. The molecule has 2 atom stereocenters. The number of piperazine rings is 1. The minimum Gasteiger partial charge on any atom is -0.392 e. The first-order valence-electron chi connectivity index (χ1n) is 8.52. The first-order chi connectivity index (χ1) is 10.1. The number of β-amino-alcohol motifs (C(OH)–C–C–N with tert-alkyl or cyclic N) is 1.